The van der Waals surface area contributed by atoms with Crippen molar-refractivity contribution in [1.82, 2.24) is 10.2 Å². The molecule has 25 heavy (non-hydrogen) atoms. The fraction of sp³-hybridized carbons (Fsp3) is 0.381. The summed E-state index contributed by atoms with van der Waals surface area (Å²) in [6.07, 6.45) is 3.25. The number of hydrogen-bond donors (Lipinski definition) is 1. The zero-order valence-corrected chi connectivity index (χ0v) is 14.6. The summed E-state index contributed by atoms with van der Waals surface area (Å²) in [6, 6.07) is 16.9. The van der Waals surface area contributed by atoms with Crippen LogP contribution in [0.15, 0.2) is 54.6 Å². The van der Waals surface area contributed by atoms with Crippen LogP contribution in [0, 0.1) is 11.7 Å². The van der Waals surface area contributed by atoms with E-state index in [0.29, 0.717) is 6.04 Å². The minimum absolute atomic E-state index is 0.112. The molecule has 0 saturated heterocycles. The van der Waals surface area contributed by atoms with Crippen LogP contribution >= 0.6 is 0 Å². The molecule has 0 spiro atoms. The molecule has 0 aromatic heterocycles. The van der Waals surface area contributed by atoms with E-state index < -0.39 is 0 Å². The number of halogens is 1. The van der Waals surface area contributed by atoms with Gasteiger partial charge in [0, 0.05) is 19.1 Å². The number of nitrogens with one attached hydrogen (secondary N) is 1. The molecule has 1 aliphatic carbocycles. The molecule has 4 heteroatoms. The zero-order valence-electron chi connectivity index (χ0n) is 14.6. The van der Waals surface area contributed by atoms with E-state index in [1.807, 2.05) is 11.0 Å². The number of fused-ring (bicyclic) bond motifs is 1. The molecule has 1 saturated carbocycles. The van der Waals surface area contributed by atoms with E-state index in [0.717, 1.165) is 38.3 Å². The predicted molar refractivity (Wildman–Crippen MR) is 97.7 cm³/mol. The molecule has 1 heterocycles. The van der Waals surface area contributed by atoms with E-state index >= 15 is 0 Å². The molecule has 1 fully saturated rings. The fourth-order valence-corrected chi connectivity index (χ4v) is 3.37. The maximum Gasteiger partial charge on any atom is 0.317 e. The van der Waals surface area contributed by atoms with Crippen molar-refractivity contribution in [3.05, 3.63) is 71.5 Å². The first-order valence-electron chi connectivity index (χ1n) is 8.94. The molecule has 2 aromatic carbocycles. The van der Waals surface area contributed by atoms with Gasteiger partial charge in [0.2, 0.25) is 0 Å². The third kappa shape index (κ3) is 4.81. The van der Waals surface area contributed by atoms with E-state index in [9.17, 15) is 9.18 Å². The molecule has 1 aliphatic heterocycles. The Morgan fingerprint density at radius 2 is 1.68 bits per heavy atom. The van der Waals surface area contributed by atoms with Gasteiger partial charge >= 0.3 is 6.03 Å². The van der Waals surface area contributed by atoms with Gasteiger partial charge in [-0.15, -0.1) is 0 Å². The van der Waals surface area contributed by atoms with Crippen LogP contribution in [-0.2, 0) is 13.0 Å². The van der Waals surface area contributed by atoms with Crippen LogP contribution in [-0.4, -0.2) is 23.5 Å². The SMILES string of the molecule is CC1CC(NC(=O)N2CCc3ccccc3C2)C1.Fc1ccccc1. The van der Waals surface area contributed by atoms with Crippen molar-refractivity contribution < 1.29 is 9.18 Å². The van der Waals surface area contributed by atoms with Crippen molar-refractivity contribution in [2.75, 3.05) is 6.54 Å². The van der Waals surface area contributed by atoms with Gasteiger partial charge in [0.05, 0.1) is 0 Å². The lowest BCUT2D eigenvalue weighted by molar-refractivity contribution is 0.170. The molecule has 2 amide bonds. The third-order valence-electron chi connectivity index (χ3n) is 4.85. The molecule has 132 valence electrons. The van der Waals surface area contributed by atoms with Crippen molar-refractivity contribution in [2.45, 2.75) is 38.8 Å². The first kappa shape index (κ1) is 17.5. The minimum atomic E-state index is -0.178. The van der Waals surface area contributed by atoms with Crippen LogP contribution in [0.25, 0.3) is 0 Å². The van der Waals surface area contributed by atoms with E-state index in [4.69, 9.17) is 0 Å². The number of hydrogen-bond acceptors (Lipinski definition) is 1. The molecule has 0 unspecified atom stereocenters. The predicted octanol–water partition coefficient (Wildman–Crippen LogP) is 4.38. The highest BCUT2D eigenvalue weighted by Crippen LogP contribution is 2.27. The summed E-state index contributed by atoms with van der Waals surface area (Å²) >= 11 is 0. The summed E-state index contributed by atoms with van der Waals surface area (Å²) in [5, 5.41) is 3.13. The van der Waals surface area contributed by atoms with Gasteiger partial charge in [0.25, 0.3) is 0 Å². The number of carbonyl (C=O) groups is 1. The minimum Gasteiger partial charge on any atom is -0.335 e. The Labute approximate surface area is 148 Å². The summed E-state index contributed by atoms with van der Waals surface area (Å²) in [7, 11) is 0. The fourth-order valence-electron chi connectivity index (χ4n) is 3.37. The second-order valence-electron chi connectivity index (χ2n) is 6.96. The Balaban J connectivity index is 0.000000219. The first-order valence-corrected chi connectivity index (χ1v) is 8.94. The van der Waals surface area contributed by atoms with Crippen LogP contribution in [0.4, 0.5) is 9.18 Å². The first-order chi connectivity index (χ1) is 12.1. The van der Waals surface area contributed by atoms with E-state index in [-0.39, 0.29) is 11.8 Å². The maximum atomic E-state index is 12.1. The maximum absolute atomic E-state index is 12.1. The quantitative estimate of drug-likeness (QED) is 0.821. The lowest BCUT2D eigenvalue weighted by Gasteiger charge is -2.36. The summed E-state index contributed by atoms with van der Waals surface area (Å²) < 4.78 is 11.9. The standard InChI is InChI=1S/C15H20N2O.C6H5F/c1-11-8-14(9-11)16-15(18)17-7-6-12-4-2-3-5-13(12)10-17;7-6-4-2-1-3-5-6/h2-5,11,14H,6-10H2,1H3,(H,16,18);1-5H. The van der Waals surface area contributed by atoms with Crippen LogP contribution in [0.5, 0.6) is 0 Å². The van der Waals surface area contributed by atoms with Gasteiger partial charge in [0.1, 0.15) is 5.82 Å². The van der Waals surface area contributed by atoms with Gasteiger partial charge in [-0.3, -0.25) is 0 Å². The monoisotopic (exact) mass is 340 g/mol. The summed E-state index contributed by atoms with van der Waals surface area (Å²) in [5.74, 6) is 0.597. The highest BCUT2D eigenvalue weighted by Gasteiger charge is 2.29. The van der Waals surface area contributed by atoms with Gasteiger partial charge in [0.15, 0.2) is 0 Å². The molecule has 2 aliphatic rings. The van der Waals surface area contributed by atoms with Gasteiger partial charge in [-0.2, -0.15) is 0 Å². The topological polar surface area (TPSA) is 32.3 Å². The lowest BCUT2D eigenvalue weighted by Crippen LogP contribution is -2.50. The summed E-state index contributed by atoms with van der Waals surface area (Å²) in [4.78, 5) is 14.1. The Morgan fingerprint density at radius 3 is 2.28 bits per heavy atom. The highest BCUT2D eigenvalue weighted by atomic mass is 19.1. The average Bonchev–Trinajstić information content (AvgIpc) is 2.61. The highest BCUT2D eigenvalue weighted by molar-refractivity contribution is 5.75. The van der Waals surface area contributed by atoms with Crippen molar-refractivity contribution in [1.29, 1.82) is 0 Å². The number of benzene rings is 2. The molecular weight excluding hydrogens is 315 g/mol. The number of urea groups is 1. The van der Waals surface area contributed by atoms with Crippen LogP contribution in [0.2, 0.25) is 0 Å². The smallest absolute Gasteiger partial charge is 0.317 e. The largest absolute Gasteiger partial charge is 0.335 e. The second kappa shape index (κ2) is 8.15. The molecular formula is C21H25FN2O. The van der Waals surface area contributed by atoms with Crippen molar-refractivity contribution in [3.8, 4) is 0 Å². The van der Waals surface area contributed by atoms with Crippen LogP contribution in [0.1, 0.15) is 30.9 Å². The number of carbonyl (C=O) groups excluding carboxylic acids is 1. The summed E-state index contributed by atoms with van der Waals surface area (Å²) in [6.45, 7) is 3.83. The lowest BCUT2D eigenvalue weighted by atomic mass is 9.82. The van der Waals surface area contributed by atoms with E-state index in [1.54, 1.807) is 18.2 Å². The van der Waals surface area contributed by atoms with Gasteiger partial charge < -0.3 is 10.2 Å². The van der Waals surface area contributed by atoms with Gasteiger partial charge in [-0.25, -0.2) is 9.18 Å². The normalized spacial score (nSPS) is 21.3. The van der Waals surface area contributed by atoms with E-state index in [2.05, 4.69) is 30.4 Å². The summed E-state index contributed by atoms with van der Waals surface area (Å²) in [5.41, 5.74) is 2.68. The molecule has 2 aromatic rings. The molecule has 1 N–H and O–H groups in total. The van der Waals surface area contributed by atoms with Crippen LogP contribution in [0.3, 0.4) is 0 Å². The Bertz CT molecular complexity index is 698. The average molecular weight is 340 g/mol. The zero-order chi connectivity index (χ0) is 17.6. The number of nitrogens with zero attached hydrogens (tertiary/aromatic N) is 1. The molecule has 4 rings (SSSR count). The van der Waals surface area contributed by atoms with Crippen LogP contribution < -0.4 is 5.32 Å². The Kier molecular flexibility index (Phi) is 5.69. The van der Waals surface area contributed by atoms with Crippen molar-refractivity contribution >= 4 is 6.03 Å². The third-order valence-corrected chi connectivity index (χ3v) is 4.85. The number of rotatable bonds is 1. The molecule has 0 radical (unpaired) electrons. The Morgan fingerprint density at radius 1 is 1.04 bits per heavy atom. The van der Waals surface area contributed by atoms with Gasteiger partial charge in [-0.1, -0.05) is 49.4 Å². The molecule has 0 bridgehead atoms. The molecule has 3 nitrogen and oxygen atoms in total. The van der Waals surface area contributed by atoms with Crippen molar-refractivity contribution in [2.24, 2.45) is 5.92 Å². The Hall–Kier alpha value is -2.36. The molecule has 0 atom stereocenters. The van der Waals surface area contributed by atoms with Gasteiger partial charge in [-0.05, 0) is 48.4 Å². The number of amides is 2. The van der Waals surface area contributed by atoms with E-state index in [1.165, 1.54) is 23.3 Å². The second-order valence-corrected chi connectivity index (χ2v) is 6.96. The van der Waals surface area contributed by atoms with Crippen molar-refractivity contribution in [3.63, 3.8) is 0 Å².